The van der Waals surface area contributed by atoms with Crippen LogP contribution in [0, 0.1) is 6.92 Å². The van der Waals surface area contributed by atoms with Crippen LogP contribution in [0.5, 0.6) is 11.5 Å². The zero-order valence-electron chi connectivity index (χ0n) is 9.15. The number of phenolic OH excluding ortho intramolecular Hbond substituents is 1. The van der Waals surface area contributed by atoms with Gasteiger partial charge in [0.15, 0.2) is 0 Å². The lowest BCUT2D eigenvalue weighted by Gasteiger charge is -2.09. The van der Waals surface area contributed by atoms with Crippen molar-refractivity contribution in [1.82, 2.24) is 0 Å². The van der Waals surface area contributed by atoms with Gasteiger partial charge in [0.2, 0.25) is 0 Å². The van der Waals surface area contributed by atoms with Gasteiger partial charge in [-0.05, 0) is 18.6 Å². The molecule has 0 amide bonds. The standard InChI is InChI=1S/C13H12O3/c1-8-7-12(16-9(2)14)10-5-3-4-6-11(10)13(8)15/h3-7,15H,1-2H3. The van der Waals surface area contributed by atoms with Crippen LogP contribution in [0.25, 0.3) is 10.8 Å². The number of hydrogen-bond donors (Lipinski definition) is 1. The van der Waals surface area contributed by atoms with Crippen molar-refractivity contribution in [3.63, 3.8) is 0 Å². The Hall–Kier alpha value is -2.03. The highest BCUT2D eigenvalue weighted by Gasteiger charge is 2.10. The van der Waals surface area contributed by atoms with Gasteiger partial charge in [0.05, 0.1) is 0 Å². The summed E-state index contributed by atoms with van der Waals surface area (Å²) in [4.78, 5) is 11.0. The Morgan fingerprint density at radius 2 is 1.88 bits per heavy atom. The molecule has 2 rings (SSSR count). The second-order valence-electron chi connectivity index (χ2n) is 3.68. The zero-order chi connectivity index (χ0) is 11.7. The topological polar surface area (TPSA) is 46.5 Å². The number of rotatable bonds is 1. The lowest BCUT2D eigenvalue weighted by molar-refractivity contribution is -0.131. The number of carbonyl (C=O) groups excluding carboxylic acids is 1. The van der Waals surface area contributed by atoms with Crippen LogP contribution in [0.4, 0.5) is 0 Å². The number of ether oxygens (including phenoxy) is 1. The maximum atomic E-state index is 11.0. The van der Waals surface area contributed by atoms with Crippen LogP contribution in [0.15, 0.2) is 30.3 Å². The minimum absolute atomic E-state index is 0.228. The number of aryl methyl sites for hydroxylation is 1. The SMILES string of the molecule is CC(=O)Oc1cc(C)c(O)c2ccccc12. The minimum Gasteiger partial charge on any atom is -0.507 e. The van der Waals surface area contributed by atoms with E-state index in [1.54, 1.807) is 19.1 Å². The average molecular weight is 216 g/mol. The molecule has 0 heterocycles. The molecule has 0 saturated heterocycles. The van der Waals surface area contributed by atoms with Crippen LogP contribution in [0.3, 0.4) is 0 Å². The number of carbonyl (C=O) groups is 1. The lowest BCUT2D eigenvalue weighted by Crippen LogP contribution is -2.02. The zero-order valence-corrected chi connectivity index (χ0v) is 9.15. The van der Waals surface area contributed by atoms with Gasteiger partial charge in [0, 0.05) is 17.7 Å². The first-order valence-electron chi connectivity index (χ1n) is 4.99. The van der Waals surface area contributed by atoms with Gasteiger partial charge < -0.3 is 9.84 Å². The molecule has 2 aromatic carbocycles. The van der Waals surface area contributed by atoms with E-state index in [0.717, 1.165) is 5.39 Å². The van der Waals surface area contributed by atoms with Crippen molar-refractivity contribution >= 4 is 16.7 Å². The number of phenols is 1. The fraction of sp³-hybridized carbons (Fsp3) is 0.154. The number of esters is 1. The van der Waals surface area contributed by atoms with Gasteiger partial charge in [-0.2, -0.15) is 0 Å². The van der Waals surface area contributed by atoms with Crippen molar-refractivity contribution in [3.05, 3.63) is 35.9 Å². The van der Waals surface area contributed by atoms with Gasteiger partial charge in [-0.1, -0.05) is 24.3 Å². The molecule has 0 aromatic heterocycles. The van der Waals surface area contributed by atoms with Gasteiger partial charge in [0.1, 0.15) is 11.5 Å². The molecule has 0 radical (unpaired) electrons. The molecule has 0 aliphatic rings. The van der Waals surface area contributed by atoms with E-state index in [4.69, 9.17) is 4.74 Å². The van der Waals surface area contributed by atoms with Crippen molar-refractivity contribution in [2.24, 2.45) is 0 Å². The monoisotopic (exact) mass is 216 g/mol. The fourth-order valence-corrected chi connectivity index (χ4v) is 1.70. The Kier molecular flexibility index (Phi) is 2.52. The summed E-state index contributed by atoms with van der Waals surface area (Å²) < 4.78 is 5.11. The molecule has 0 unspecified atom stereocenters. The van der Waals surface area contributed by atoms with E-state index in [1.165, 1.54) is 6.92 Å². The summed E-state index contributed by atoms with van der Waals surface area (Å²) in [7, 11) is 0. The van der Waals surface area contributed by atoms with Crippen molar-refractivity contribution < 1.29 is 14.6 Å². The Balaban J connectivity index is 2.74. The third-order valence-electron chi connectivity index (χ3n) is 2.42. The van der Waals surface area contributed by atoms with Crippen LogP contribution in [0.2, 0.25) is 0 Å². The second kappa shape index (κ2) is 3.85. The molecule has 1 N–H and O–H groups in total. The summed E-state index contributed by atoms with van der Waals surface area (Å²) >= 11 is 0. The van der Waals surface area contributed by atoms with Gasteiger partial charge in [-0.25, -0.2) is 0 Å². The highest BCUT2D eigenvalue weighted by Crippen LogP contribution is 2.35. The highest BCUT2D eigenvalue weighted by atomic mass is 16.5. The smallest absolute Gasteiger partial charge is 0.308 e. The van der Waals surface area contributed by atoms with Gasteiger partial charge >= 0.3 is 5.97 Å². The highest BCUT2D eigenvalue weighted by molar-refractivity contribution is 5.95. The molecular formula is C13H12O3. The number of aromatic hydroxyl groups is 1. The third kappa shape index (κ3) is 1.72. The molecular weight excluding hydrogens is 204 g/mol. The van der Waals surface area contributed by atoms with Gasteiger partial charge in [-0.3, -0.25) is 4.79 Å². The maximum Gasteiger partial charge on any atom is 0.308 e. The molecule has 0 atom stereocenters. The summed E-state index contributed by atoms with van der Waals surface area (Å²) in [5.41, 5.74) is 0.690. The van der Waals surface area contributed by atoms with Crippen LogP contribution >= 0.6 is 0 Å². The number of fused-ring (bicyclic) bond motifs is 1. The molecule has 0 aliphatic carbocycles. The molecule has 16 heavy (non-hydrogen) atoms. The summed E-state index contributed by atoms with van der Waals surface area (Å²) in [6.07, 6.45) is 0. The van der Waals surface area contributed by atoms with Crippen molar-refractivity contribution in [2.45, 2.75) is 13.8 Å². The maximum absolute atomic E-state index is 11.0. The predicted octanol–water partition coefficient (Wildman–Crippen LogP) is 2.78. The molecule has 0 aliphatic heterocycles. The summed E-state index contributed by atoms with van der Waals surface area (Å²) in [5, 5.41) is 11.3. The van der Waals surface area contributed by atoms with Gasteiger partial charge in [-0.15, -0.1) is 0 Å². The first kappa shape index (κ1) is 10.5. The number of hydrogen-bond acceptors (Lipinski definition) is 3. The lowest BCUT2D eigenvalue weighted by atomic mass is 10.1. The average Bonchev–Trinajstić information content (AvgIpc) is 2.25. The molecule has 0 bridgehead atoms. The largest absolute Gasteiger partial charge is 0.507 e. The molecule has 2 aromatic rings. The van der Waals surface area contributed by atoms with E-state index in [2.05, 4.69) is 0 Å². The van der Waals surface area contributed by atoms with E-state index in [0.29, 0.717) is 16.7 Å². The van der Waals surface area contributed by atoms with Crippen LogP contribution in [0.1, 0.15) is 12.5 Å². The Bertz CT molecular complexity index is 558. The molecule has 82 valence electrons. The van der Waals surface area contributed by atoms with E-state index in [1.807, 2.05) is 18.2 Å². The first-order chi connectivity index (χ1) is 7.59. The Morgan fingerprint density at radius 1 is 1.25 bits per heavy atom. The minimum atomic E-state index is -0.366. The van der Waals surface area contributed by atoms with Crippen molar-refractivity contribution in [3.8, 4) is 11.5 Å². The third-order valence-corrected chi connectivity index (χ3v) is 2.42. The fourth-order valence-electron chi connectivity index (χ4n) is 1.70. The number of benzene rings is 2. The molecule has 0 spiro atoms. The molecule has 0 saturated carbocycles. The van der Waals surface area contributed by atoms with E-state index < -0.39 is 0 Å². The van der Waals surface area contributed by atoms with Crippen LogP contribution in [-0.4, -0.2) is 11.1 Å². The van der Waals surface area contributed by atoms with Gasteiger partial charge in [0.25, 0.3) is 0 Å². The second-order valence-corrected chi connectivity index (χ2v) is 3.68. The van der Waals surface area contributed by atoms with E-state index in [-0.39, 0.29) is 11.7 Å². The van der Waals surface area contributed by atoms with Crippen molar-refractivity contribution in [2.75, 3.05) is 0 Å². The first-order valence-corrected chi connectivity index (χ1v) is 4.99. The summed E-state index contributed by atoms with van der Waals surface area (Å²) in [6.45, 7) is 3.13. The van der Waals surface area contributed by atoms with Crippen LogP contribution in [-0.2, 0) is 4.79 Å². The Morgan fingerprint density at radius 3 is 2.50 bits per heavy atom. The van der Waals surface area contributed by atoms with E-state index >= 15 is 0 Å². The van der Waals surface area contributed by atoms with Crippen molar-refractivity contribution in [1.29, 1.82) is 0 Å². The van der Waals surface area contributed by atoms with Crippen LogP contribution < -0.4 is 4.74 Å². The summed E-state index contributed by atoms with van der Waals surface area (Å²) in [5.74, 6) is 0.347. The normalized spacial score (nSPS) is 10.4. The molecule has 0 fully saturated rings. The molecule has 3 heteroatoms. The molecule has 3 nitrogen and oxygen atoms in total. The quantitative estimate of drug-likeness (QED) is 0.589. The predicted molar refractivity (Wildman–Crippen MR) is 61.7 cm³/mol. The Labute approximate surface area is 93.3 Å². The van der Waals surface area contributed by atoms with E-state index in [9.17, 15) is 9.90 Å². The summed E-state index contributed by atoms with van der Waals surface area (Å²) in [6, 6.07) is 8.94.